The standard InChI is InChI=1S/C31H34ClN7O4S.CH4/c1-7-25(40)37-15-20(6)38(16-19(37)5)29-22-14-23(32)27(21-10-8-9-11-24(21)44(33,42)43)35-30(22)39(31(41)36-29)28-18(4)12-13-34-26(28)17(2)3;/h7-14,17,19-20H,1,15-16H2,2-6H3,(H2,33,42,43);1H4/t19-,20+;/m1./s1. The van der Waals surface area contributed by atoms with Gasteiger partial charge in [-0.2, -0.15) is 4.98 Å². The number of carbonyl (C=O) groups is 1. The molecule has 0 bridgehead atoms. The number of piperazine rings is 1. The van der Waals surface area contributed by atoms with Crippen molar-refractivity contribution in [3.8, 4) is 16.9 Å². The molecule has 4 aromatic rings. The molecule has 11 nitrogen and oxygen atoms in total. The second-order valence-corrected chi connectivity index (χ2v) is 13.3. The van der Waals surface area contributed by atoms with Gasteiger partial charge < -0.3 is 9.80 Å². The van der Waals surface area contributed by atoms with Crippen molar-refractivity contribution >= 4 is 44.4 Å². The molecule has 1 saturated heterocycles. The van der Waals surface area contributed by atoms with Crippen LogP contribution in [0.2, 0.25) is 5.02 Å². The van der Waals surface area contributed by atoms with E-state index in [4.69, 9.17) is 21.7 Å². The number of hydrogen-bond acceptors (Lipinski definition) is 8. The summed E-state index contributed by atoms with van der Waals surface area (Å²) in [5, 5.41) is 6.18. The third kappa shape index (κ3) is 6.09. The quantitative estimate of drug-likeness (QED) is 0.292. The molecule has 1 aliphatic rings. The minimum atomic E-state index is -4.14. The normalized spacial score (nSPS) is 17.0. The molecule has 45 heavy (non-hydrogen) atoms. The summed E-state index contributed by atoms with van der Waals surface area (Å²) in [4.78, 5) is 44.2. The summed E-state index contributed by atoms with van der Waals surface area (Å²) in [6.45, 7) is 14.1. The van der Waals surface area contributed by atoms with Crippen LogP contribution < -0.4 is 15.7 Å². The van der Waals surface area contributed by atoms with Gasteiger partial charge in [-0.25, -0.2) is 27.9 Å². The van der Waals surface area contributed by atoms with E-state index >= 15 is 0 Å². The fourth-order valence-electron chi connectivity index (χ4n) is 5.76. The maximum Gasteiger partial charge on any atom is 0.355 e. The number of nitrogens with two attached hydrogens (primary N) is 1. The Morgan fingerprint density at radius 1 is 1.13 bits per heavy atom. The number of anilines is 1. The van der Waals surface area contributed by atoms with Gasteiger partial charge in [-0.15, -0.1) is 0 Å². The largest absolute Gasteiger partial charge is 0.355 e. The number of hydrogen-bond donors (Lipinski definition) is 1. The van der Waals surface area contributed by atoms with Gasteiger partial charge in [0.2, 0.25) is 15.9 Å². The average molecular weight is 652 g/mol. The Bertz CT molecular complexity index is 1980. The molecule has 1 aromatic carbocycles. The zero-order valence-corrected chi connectivity index (χ0v) is 26.7. The Morgan fingerprint density at radius 3 is 2.47 bits per heavy atom. The highest BCUT2D eigenvalue weighted by molar-refractivity contribution is 7.89. The summed E-state index contributed by atoms with van der Waals surface area (Å²) in [6, 6.07) is 9.21. The molecule has 1 fully saturated rings. The molecular weight excluding hydrogens is 614 g/mol. The SMILES string of the molecule is C.C=CC(=O)N1C[C@H](C)N(c2nc(=O)n(-c3c(C)ccnc3C(C)C)c3nc(-c4ccccc4S(N)(=O)=O)c(Cl)cc23)C[C@H]1C. The van der Waals surface area contributed by atoms with Crippen LogP contribution >= 0.6 is 11.6 Å². The molecule has 0 spiro atoms. The lowest BCUT2D eigenvalue weighted by Gasteiger charge is -2.44. The predicted molar refractivity (Wildman–Crippen MR) is 178 cm³/mol. The van der Waals surface area contributed by atoms with Crippen molar-refractivity contribution in [2.45, 2.75) is 64.9 Å². The van der Waals surface area contributed by atoms with Gasteiger partial charge in [0, 0.05) is 36.9 Å². The molecule has 238 valence electrons. The summed E-state index contributed by atoms with van der Waals surface area (Å²) in [7, 11) is -4.14. The van der Waals surface area contributed by atoms with Crippen molar-refractivity contribution in [3.63, 3.8) is 0 Å². The third-order valence-electron chi connectivity index (χ3n) is 7.89. The molecule has 0 aliphatic carbocycles. The fraction of sp³-hybridized carbons (Fsp3) is 0.344. The highest BCUT2D eigenvalue weighted by atomic mass is 35.5. The number of halogens is 1. The molecule has 1 amide bonds. The highest BCUT2D eigenvalue weighted by Gasteiger charge is 2.34. The lowest BCUT2D eigenvalue weighted by Crippen LogP contribution is -2.58. The Balaban J connectivity index is 0.00000461. The maximum atomic E-state index is 14.1. The van der Waals surface area contributed by atoms with Crippen molar-refractivity contribution in [1.82, 2.24) is 24.4 Å². The number of benzene rings is 1. The van der Waals surface area contributed by atoms with Crippen LogP contribution in [-0.4, -0.2) is 63.9 Å². The second-order valence-electron chi connectivity index (χ2n) is 11.3. The van der Waals surface area contributed by atoms with Crippen molar-refractivity contribution in [3.05, 3.63) is 82.0 Å². The van der Waals surface area contributed by atoms with Gasteiger partial charge in [-0.1, -0.05) is 57.7 Å². The smallest absolute Gasteiger partial charge is 0.349 e. The number of fused-ring (bicyclic) bond motifs is 1. The van der Waals surface area contributed by atoms with Crippen LogP contribution in [0.4, 0.5) is 5.82 Å². The first kappa shape index (κ1) is 33.8. The predicted octanol–water partition coefficient (Wildman–Crippen LogP) is 4.82. The van der Waals surface area contributed by atoms with Gasteiger partial charge in [-0.05, 0) is 56.5 Å². The van der Waals surface area contributed by atoms with Crippen LogP contribution in [0.25, 0.3) is 28.0 Å². The van der Waals surface area contributed by atoms with E-state index in [0.717, 1.165) is 5.56 Å². The van der Waals surface area contributed by atoms with Gasteiger partial charge in [-0.3, -0.25) is 9.78 Å². The van der Waals surface area contributed by atoms with Crippen LogP contribution in [0.5, 0.6) is 0 Å². The minimum Gasteiger partial charge on any atom is -0.349 e. The lowest BCUT2D eigenvalue weighted by molar-refractivity contribution is -0.128. The van der Waals surface area contributed by atoms with E-state index in [9.17, 15) is 18.0 Å². The van der Waals surface area contributed by atoms with E-state index in [1.54, 1.807) is 41.4 Å². The lowest BCUT2D eigenvalue weighted by atomic mass is 10.0. The molecule has 0 saturated carbocycles. The van der Waals surface area contributed by atoms with Crippen molar-refractivity contribution in [2.75, 3.05) is 18.0 Å². The molecule has 4 heterocycles. The number of nitrogens with zero attached hydrogens (tertiary/aromatic N) is 6. The van der Waals surface area contributed by atoms with E-state index in [1.807, 2.05) is 39.5 Å². The van der Waals surface area contributed by atoms with Gasteiger partial charge in [0.1, 0.15) is 5.82 Å². The first-order valence-corrected chi connectivity index (χ1v) is 16.1. The first-order valence-electron chi connectivity index (χ1n) is 14.2. The Labute approximate surface area is 268 Å². The van der Waals surface area contributed by atoms with Gasteiger partial charge >= 0.3 is 5.69 Å². The summed E-state index contributed by atoms with van der Waals surface area (Å²) < 4.78 is 26.5. The number of amides is 1. The summed E-state index contributed by atoms with van der Waals surface area (Å²) in [5.74, 6) is 0.144. The molecule has 1 aliphatic heterocycles. The average Bonchev–Trinajstić information content (AvgIpc) is 2.97. The van der Waals surface area contributed by atoms with E-state index in [-0.39, 0.29) is 58.2 Å². The van der Waals surface area contributed by atoms with Crippen LogP contribution in [0.3, 0.4) is 0 Å². The van der Waals surface area contributed by atoms with Crippen molar-refractivity contribution in [1.29, 1.82) is 0 Å². The molecule has 13 heteroatoms. The van der Waals surface area contributed by atoms with Gasteiger partial charge in [0.05, 0.1) is 32.4 Å². The number of rotatable bonds is 6. The molecule has 0 unspecified atom stereocenters. The van der Waals surface area contributed by atoms with Crippen LogP contribution in [0.1, 0.15) is 52.3 Å². The topological polar surface area (TPSA) is 144 Å². The van der Waals surface area contributed by atoms with Gasteiger partial charge in [0.15, 0.2) is 5.65 Å². The first-order chi connectivity index (χ1) is 20.7. The third-order valence-corrected chi connectivity index (χ3v) is 9.15. The van der Waals surface area contributed by atoms with Crippen LogP contribution in [0.15, 0.2) is 64.9 Å². The second kappa shape index (κ2) is 12.7. The molecule has 3 aromatic heterocycles. The highest BCUT2D eigenvalue weighted by Crippen LogP contribution is 2.37. The summed E-state index contributed by atoms with van der Waals surface area (Å²) in [6.07, 6.45) is 2.98. The Kier molecular flexibility index (Phi) is 9.53. The molecule has 2 atom stereocenters. The fourth-order valence-corrected chi connectivity index (χ4v) is 6.75. The molecule has 2 N–H and O–H groups in total. The maximum absolute atomic E-state index is 14.1. The molecule has 5 rings (SSSR count). The van der Waals surface area contributed by atoms with E-state index in [0.29, 0.717) is 35.7 Å². The van der Waals surface area contributed by atoms with E-state index in [1.165, 1.54) is 16.7 Å². The van der Waals surface area contributed by atoms with Crippen LogP contribution in [0, 0.1) is 6.92 Å². The zero-order valence-electron chi connectivity index (χ0n) is 25.2. The van der Waals surface area contributed by atoms with E-state index < -0.39 is 15.7 Å². The number of primary sulfonamides is 1. The zero-order chi connectivity index (χ0) is 32.1. The Hall–Kier alpha value is -4.13. The van der Waals surface area contributed by atoms with Crippen molar-refractivity contribution < 1.29 is 13.2 Å². The van der Waals surface area contributed by atoms with E-state index in [2.05, 4.69) is 16.5 Å². The number of aryl methyl sites for hydroxylation is 1. The Morgan fingerprint density at radius 2 is 1.82 bits per heavy atom. The number of carbonyl (C=O) groups excluding carboxylic acids is 1. The number of pyridine rings is 2. The number of aromatic nitrogens is 4. The van der Waals surface area contributed by atoms with Crippen LogP contribution in [-0.2, 0) is 14.8 Å². The van der Waals surface area contributed by atoms with Gasteiger partial charge in [0.25, 0.3) is 0 Å². The monoisotopic (exact) mass is 651 g/mol. The van der Waals surface area contributed by atoms with Crippen molar-refractivity contribution in [2.24, 2.45) is 5.14 Å². The number of sulfonamides is 1. The molecular formula is C32H38ClN7O4S. The summed E-state index contributed by atoms with van der Waals surface area (Å²) in [5.41, 5.74) is 1.98. The summed E-state index contributed by atoms with van der Waals surface area (Å²) >= 11 is 6.86. The molecule has 0 radical (unpaired) electrons. The minimum absolute atomic E-state index is 0.